The lowest BCUT2D eigenvalue weighted by Crippen LogP contribution is -2.31. The van der Waals surface area contributed by atoms with E-state index in [0.29, 0.717) is 18.9 Å². The molecule has 2 N–H and O–H groups in total. The van der Waals surface area contributed by atoms with Crippen LogP contribution in [0.25, 0.3) is 0 Å². The highest BCUT2D eigenvalue weighted by atomic mass is 32.2. The summed E-state index contributed by atoms with van der Waals surface area (Å²) in [6.07, 6.45) is 0. The molecule has 7 nitrogen and oxygen atoms in total. The van der Waals surface area contributed by atoms with Gasteiger partial charge < -0.3 is 14.4 Å². The minimum absolute atomic E-state index is 0.122. The number of nitrogens with zero attached hydrogens (tertiary/aromatic N) is 1. The second-order valence-electron chi connectivity index (χ2n) is 5.80. The van der Waals surface area contributed by atoms with Gasteiger partial charge in [-0.25, -0.2) is 13.6 Å². The van der Waals surface area contributed by atoms with E-state index in [9.17, 15) is 13.2 Å². The van der Waals surface area contributed by atoms with Gasteiger partial charge in [0.15, 0.2) is 0 Å². The smallest absolute Gasteiger partial charge is 0.257 e. The molecular weight excluding hydrogens is 356 g/mol. The van der Waals surface area contributed by atoms with Gasteiger partial charge in [0.1, 0.15) is 18.1 Å². The van der Waals surface area contributed by atoms with Crippen LogP contribution in [-0.4, -0.2) is 46.5 Å². The van der Waals surface area contributed by atoms with Gasteiger partial charge in [-0.05, 0) is 37.3 Å². The zero-order valence-corrected chi connectivity index (χ0v) is 15.7. The van der Waals surface area contributed by atoms with Crippen LogP contribution in [0, 0.1) is 6.92 Å². The zero-order chi connectivity index (χ0) is 19.3. The van der Waals surface area contributed by atoms with Gasteiger partial charge in [0.05, 0.1) is 24.1 Å². The van der Waals surface area contributed by atoms with E-state index in [2.05, 4.69) is 0 Å². The van der Waals surface area contributed by atoms with E-state index < -0.39 is 10.0 Å². The van der Waals surface area contributed by atoms with Crippen LogP contribution in [0.5, 0.6) is 11.5 Å². The van der Waals surface area contributed by atoms with Crippen LogP contribution in [0.2, 0.25) is 0 Å². The number of carbonyl (C=O) groups excluding carboxylic acids is 1. The second kappa shape index (κ2) is 8.20. The predicted octanol–water partition coefficient (Wildman–Crippen LogP) is 1.80. The first kappa shape index (κ1) is 19.7. The first-order valence-electron chi connectivity index (χ1n) is 7.88. The van der Waals surface area contributed by atoms with Gasteiger partial charge in [-0.15, -0.1) is 0 Å². The number of primary sulfonamides is 1. The van der Waals surface area contributed by atoms with Crippen molar-refractivity contribution in [1.82, 2.24) is 4.90 Å². The number of sulfonamides is 1. The fraction of sp³-hybridized carbons (Fsp3) is 0.278. The molecule has 0 atom stereocenters. The molecule has 140 valence electrons. The Balaban J connectivity index is 2.08. The van der Waals surface area contributed by atoms with Crippen molar-refractivity contribution < 1.29 is 22.7 Å². The number of ether oxygens (including phenoxy) is 2. The largest absolute Gasteiger partial charge is 0.496 e. The number of hydrogen-bond acceptors (Lipinski definition) is 5. The number of hydrogen-bond donors (Lipinski definition) is 1. The first-order chi connectivity index (χ1) is 12.2. The highest BCUT2D eigenvalue weighted by molar-refractivity contribution is 7.89. The topological polar surface area (TPSA) is 98.9 Å². The third kappa shape index (κ3) is 4.96. The maximum Gasteiger partial charge on any atom is 0.257 e. The Morgan fingerprint density at radius 3 is 2.38 bits per heavy atom. The van der Waals surface area contributed by atoms with E-state index in [1.807, 2.05) is 31.2 Å². The number of nitrogens with two attached hydrogens (primary N) is 1. The molecule has 0 unspecified atom stereocenters. The van der Waals surface area contributed by atoms with Crippen molar-refractivity contribution in [3.63, 3.8) is 0 Å². The Labute approximate surface area is 153 Å². The van der Waals surface area contributed by atoms with E-state index in [0.717, 1.165) is 5.56 Å². The van der Waals surface area contributed by atoms with Crippen LogP contribution in [0.3, 0.4) is 0 Å². The average molecular weight is 378 g/mol. The highest BCUT2D eigenvalue weighted by Crippen LogP contribution is 2.23. The van der Waals surface area contributed by atoms with E-state index in [1.54, 1.807) is 7.05 Å². The summed E-state index contributed by atoms with van der Waals surface area (Å²) in [6, 6.07) is 11.5. The highest BCUT2D eigenvalue weighted by Gasteiger charge is 2.20. The number of aryl methyl sites for hydroxylation is 1. The van der Waals surface area contributed by atoms with Crippen LogP contribution < -0.4 is 14.6 Å². The van der Waals surface area contributed by atoms with E-state index in [-0.39, 0.29) is 22.1 Å². The van der Waals surface area contributed by atoms with Gasteiger partial charge in [0.2, 0.25) is 10.0 Å². The molecule has 0 saturated carbocycles. The van der Waals surface area contributed by atoms with Crippen molar-refractivity contribution in [2.75, 3.05) is 27.3 Å². The summed E-state index contributed by atoms with van der Waals surface area (Å²) >= 11 is 0. The van der Waals surface area contributed by atoms with Crippen LogP contribution in [-0.2, 0) is 10.0 Å². The Bertz CT molecular complexity index is 879. The molecule has 0 heterocycles. The van der Waals surface area contributed by atoms with Crippen molar-refractivity contribution in [2.24, 2.45) is 5.14 Å². The van der Waals surface area contributed by atoms with Gasteiger partial charge in [-0.1, -0.05) is 17.7 Å². The minimum Gasteiger partial charge on any atom is -0.496 e. The lowest BCUT2D eigenvalue weighted by Gasteiger charge is -2.19. The third-order valence-electron chi connectivity index (χ3n) is 3.79. The van der Waals surface area contributed by atoms with E-state index in [1.165, 1.54) is 30.2 Å². The maximum atomic E-state index is 12.6. The molecule has 2 aromatic rings. The van der Waals surface area contributed by atoms with Crippen molar-refractivity contribution >= 4 is 15.9 Å². The van der Waals surface area contributed by atoms with Crippen LogP contribution in [0.1, 0.15) is 15.9 Å². The maximum absolute atomic E-state index is 12.6. The zero-order valence-electron chi connectivity index (χ0n) is 14.9. The standard InChI is InChI=1S/C18H22N2O5S/c1-13-4-6-14(7-5-13)25-11-10-20(2)18(21)16-12-15(26(19,22)23)8-9-17(16)24-3/h4-9,12H,10-11H2,1-3H3,(H2,19,22,23). The molecule has 2 rings (SSSR count). The number of carbonyl (C=O) groups is 1. The van der Waals surface area contributed by atoms with Crippen molar-refractivity contribution in [3.8, 4) is 11.5 Å². The van der Waals surface area contributed by atoms with Crippen LogP contribution in [0.15, 0.2) is 47.4 Å². The minimum atomic E-state index is -3.92. The Kier molecular flexibility index (Phi) is 6.23. The number of benzene rings is 2. The third-order valence-corrected chi connectivity index (χ3v) is 4.70. The fourth-order valence-corrected chi connectivity index (χ4v) is 2.81. The van der Waals surface area contributed by atoms with Gasteiger partial charge >= 0.3 is 0 Å². The van der Waals surface area contributed by atoms with Crippen molar-refractivity contribution in [2.45, 2.75) is 11.8 Å². The summed E-state index contributed by atoms with van der Waals surface area (Å²) in [7, 11) is -0.910. The summed E-state index contributed by atoms with van der Waals surface area (Å²) in [5.74, 6) is 0.596. The Hall–Kier alpha value is -2.58. The first-order valence-corrected chi connectivity index (χ1v) is 9.43. The molecule has 0 aromatic heterocycles. The average Bonchev–Trinajstić information content (AvgIpc) is 2.61. The molecule has 0 saturated heterocycles. The summed E-state index contributed by atoms with van der Waals surface area (Å²) in [5.41, 5.74) is 1.25. The number of likely N-dealkylation sites (N-methyl/N-ethyl adjacent to an activating group) is 1. The number of methoxy groups -OCH3 is 1. The summed E-state index contributed by atoms with van der Waals surface area (Å²) in [6.45, 7) is 2.59. The van der Waals surface area contributed by atoms with Gasteiger partial charge in [0.25, 0.3) is 5.91 Å². The van der Waals surface area contributed by atoms with Crippen molar-refractivity contribution in [1.29, 1.82) is 0 Å². The Morgan fingerprint density at radius 1 is 1.15 bits per heavy atom. The molecule has 0 spiro atoms. The molecule has 1 amide bonds. The molecule has 0 radical (unpaired) electrons. The molecule has 0 bridgehead atoms. The number of amides is 1. The van der Waals surface area contributed by atoms with Gasteiger partial charge in [-0.3, -0.25) is 4.79 Å². The molecule has 0 aliphatic rings. The quantitative estimate of drug-likeness (QED) is 0.792. The SMILES string of the molecule is COc1ccc(S(N)(=O)=O)cc1C(=O)N(C)CCOc1ccc(C)cc1. The monoisotopic (exact) mass is 378 g/mol. The van der Waals surface area contributed by atoms with Gasteiger partial charge in [-0.2, -0.15) is 0 Å². The molecule has 8 heteroatoms. The molecule has 2 aromatic carbocycles. The molecule has 0 fully saturated rings. The fourth-order valence-electron chi connectivity index (χ4n) is 2.27. The van der Waals surface area contributed by atoms with E-state index in [4.69, 9.17) is 14.6 Å². The molecular formula is C18H22N2O5S. The van der Waals surface area contributed by atoms with Gasteiger partial charge in [0, 0.05) is 7.05 Å². The normalized spacial score (nSPS) is 11.1. The summed E-state index contributed by atoms with van der Waals surface area (Å²) in [5, 5.41) is 5.14. The van der Waals surface area contributed by atoms with Crippen LogP contribution in [0.4, 0.5) is 0 Å². The predicted molar refractivity (Wildman–Crippen MR) is 98.0 cm³/mol. The lowest BCUT2D eigenvalue weighted by atomic mass is 10.1. The number of rotatable bonds is 7. The second-order valence-corrected chi connectivity index (χ2v) is 7.36. The Morgan fingerprint density at radius 2 is 1.81 bits per heavy atom. The molecule has 0 aliphatic heterocycles. The van der Waals surface area contributed by atoms with E-state index >= 15 is 0 Å². The summed E-state index contributed by atoms with van der Waals surface area (Å²) in [4.78, 5) is 13.9. The molecule has 0 aliphatic carbocycles. The summed E-state index contributed by atoms with van der Waals surface area (Å²) < 4.78 is 33.8. The van der Waals surface area contributed by atoms with Crippen molar-refractivity contribution in [3.05, 3.63) is 53.6 Å². The lowest BCUT2D eigenvalue weighted by molar-refractivity contribution is 0.0770. The van der Waals surface area contributed by atoms with Crippen LogP contribution >= 0.6 is 0 Å². The molecule has 26 heavy (non-hydrogen) atoms.